The lowest BCUT2D eigenvalue weighted by Gasteiger charge is -2.08. The zero-order valence-electron chi connectivity index (χ0n) is 16.0. The van der Waals surface area contributed by atoms with Crippen LogP contribution in [0, 0.1) is 5.41 Å². The van der Waals surface area contributed by atoms with Gasteiger partial charge in [-0.1, -0.05) is 97.1 Å². The van der Waals surface area contributed by atoms with Gasteiger partial charge in [0.1, 0.15) is 0 Å². The van der Waals surface area contributed by atoms with Crippen molar-refractivity contribution in [3.8, 4) is 22.3 Å². The summed E-state index contributed by atoms with van der Waals surface area (Å²) in [6.45, 7) is 0. The second-order valence-electron chi connectivity index (χ2n) is 6.91. The standard InChI is InChI=1S/C27H22N2/c28-26(24-15-7-13-22(17-24)20-9-3-1-4-10-20)19-27(29)25-16-8-14-23(18-25)21-11-5-2-6-12-21/h1-19,28H,29H2/b27-19-,28-26?. The largest absolute Gasteiger partial charge is 0.398 e. The molecule has 29 heavy (non-hydrogen) atoms. The van der Waals surface area contributed by atoms with Gasteiger partial charge in [-0.2, -0.15) is 0 Å². The van der Waals surface area contributed by atoms with E-state index in [0.717, 1.165) is 33.4 Å². The summed E-state index contributed by atoms with van der Waals surface area (Å²) in [5.74, 6) is 0. The first-order valence-corrected chi connectivity index (χ1v) is 9.58. The minimum absolute atomic E-state index is 0.394. The third kappa shape index (κ3) is 4.33. The molecule has 140 valence electrons. The second kappa shape index (κ2) is 8.41. The number of hydrogen-bond donors (Lipinski definition) is 2. The van der Waals surface area contributed by atoms with Crippen LogP contribution in [-0.4, -0.2) is 5.71 Å². The second-order valence-corrected chi connectivity index (χ2v) is 6.91. The highest BCUT2D eigenvalue weighted by Gasteiger charge is 2.05. The van der Waals surface area contributed by atoms with E-state index >= 15 is 0 Å². The molecule has 0 fully saturated rings. The molecule has 0 radical (unpaired) electrons. The molecule has 2 heteroatoms. The third-order valence-electron chi connectivity index (χ3n) is 4.88. The van der Waals surface area contributed by atoms with Gasteiger partial charge < -0.3 is 11.1 Å². The molecule has 0 saturated carbocycles. The zero-order valence-corrected chi connectivity index (χ0v) is 16.0. The van der Waals surface area contributed by atoms with Crippen LogP contribution in [0.15, 0.2) is 115 Å². The smallest absolute Gasteiger partial charge is 0.0633 e. The highest BCUT2D eigenvalue weighted by molar-refractivity contribution is 6.10. The molecule has 0 aliphatic heterocycles. The molecule has 0 atom stereocenters. The van der Waals surface area contributed by atoms with E-state index in [1.165, 1.54) is 0 Å². The summed E-state index contributed by atoms with van der Waals surface area (Å²) in [5.41, 5.74) is 13.6. The van der Waals surface area contributed by atoms with Crippen LogP contribution < -0.4 is 5.73 Å². The first-order chi connectivity index (χ1) is 14.2. The van der Waals surface area contributed by atoms with Crippen molar-refractivity contribution >= 4 is 11.4 Å². The monoisotopic (exact) mass is 374 g/mol. The first-order valence-electron chi connectivity index (χ1n) is 9.58. The number of nitrogens with one attached hydrogen (secondary N) is 1. The van der Waals surface area contributed by atoms with Crippen molar-refractivity contribution in [1.29, 1.82) is 5.41 Å². The van der Waals surface area contributed by atoms with Gasteiger partial charge in [-0.15, -0.1) is 0 Å². The minimum Gasteiger partial charge on any atom is -0.398 e. The molecule has 0 unspecified atom stereocenters. The van der Waals surface area contributed by atoms with E-state index in [-0.39, 0.29) is 0 Å². The topological polar surface area (TPSA) is 49.9 Å². The number of nitrogens with two attached hydrogens (primary N) is 1. The van der Waals surface area contributed by atoms with E-state index in [1.807, 2.05) is 66.7 Å². The lowest BCUT2D eigenvalue weighted by molar-refractivity contribution is 1.47. The average Bonchev–Trinajstić information content (AvgIpc) is 2.80. The van der Waals surface area contributed by atoms with E-state index in [4.69, 9.17) is 11.1 Å². The molecule has 0 saturated heterocycles. The first kappa shape index (κ1) is 18.5. The van der Waals surface area contributed by atoms with Gasteiger partial charge in [-0.3, -0.25) is 0 Å². The predicted octanol–water partition coefficient (Wildman–Crippen LogP) is 6.39. The van der Waals surface area contributed by atoms with Crippen molar-refractivity contribution in [3.05, 3.63) is 126 Å². The summed E-state index contributed by atoms with van der Waals surface area (Å²) in [6, 6.07) is 36.5. The molecule has 4 rings (SSSR count). The fourth-order valence-corrected chi connectivity index (χ4v) is 3.33. The van der Waals surface area contributed by atoms with E-state index < -0.39 is 0 Å². The molecule has 0 bridgehead atoms. The van der Waals surface area contributed by atoms with Crippen molar-refractivity contribution in [2.75, 3.05) is 0 Å². The molecule has 2 nitrogen and oxygen atoms in total. The maximum atomic E-state index is 8.53. The fraction of sp³-hybridized carbons (Fsp3) is 0. The van der Waals surface area contributed by atoms with Gasteiger partial charge >= 0.3 is 0 Å². The molecule has 4 aromatic carbocycles. The Balaban J connectivity index is 1.61. The summed E-state index contributed by atoms with van der Waals surface area (Å²) in [5, 5.41) is 8.53. The van der Waals surface area contributed by atoms with Gasteiger partial charge in [0, 0.05) is 11.3 Å². The summed E-state index contributed by atoms with van der Waals surface area (Å²) in [4.78, 5) is 0. The number of benzene rings is 4. The third-order valence-corrected chi connectivity index (χ3v) is 4.88. The van der Waals surface area contributed by atoms with E-state index in [9.17, 15) is 0 Å². The Labute approximate surface area is 171 Å². The van der Waals surface area contributed by atoms with Gasteiger partial charge in [0.25, 0.3) is 0 Å². The maximum absolute atomic E-state index is 8.53. The highest BCUT2D eigenvalue weighted by atomic mass is 14.6. The summed E-state index contributed by atoms with van der Waals surface area (Å²) in [6.07, 6.45) is 1.73. The molecule has 3 N–H and O–H groups in total. The van der Waals surface area contributed by atoms with E-state index in [2.05, 4.69) is 42.5 Å². The molecule has 4 aromatic rings. The SMILES string of the molecule is N=C(/C=C(\N)c1cccc(-c2ccccc2)c1)c1cccc(-c2ccccc2)c1. The van der Waals surface area contributed by atoms with E-state index in [1.54, 1.807) is 6.08 Å². The van der Waals surface area contributed by atoms with Crippen molar-refractivity contribution < 1.29 is 0 Å². The average molecular weight is 374 g/mol. The Morgan fingerprint density at radius 2 is 1.00 bits per heavy atom. The fourth-order valence-electron chi connectivity index (χ4n) is 3.33. The molecule has 0 amide bonds. The van der Waals surface area contributed by atoms with Crippen molar-refractivity contribution in [2.45, 2.75) is 0 Å². The quantitative estimate of drug-likeness (QED) is 0.391. The summed E-state index contributed by atoms with van der Waals surface area (Å²) in [7, 11) is 0. The lowest BCUT2D eigenvalue weighted by atomic mass is 9.99. The highest BCUT2D eigenvalue weighted by Crippen LogP contribution is 2.23. The lowest BCUT2D eigenvalue weighted by Crippen LogP contribution is -2.03. The molecule has 0 aliphatic carbocycles. The Kier molecular flexibility index (Phi) is 5.35. The molecule has 0 aromatic heterocycles. The zero-order chi connectivity index (χ0) is 20.1. The maximum Gasteiger partial charge on any atom is 0.0633 e. The van der Waals surface area contributed by atoms with Crippen LogP contribution >= 0.6 is 0 Å². The van der Waals surface area contributed by atoms with Crippen LogP contribution in [0.25, 0.3) is 28.0 Å². The van der Waals surface area contributed by atoms with Crippen LogP contribution in [0.1, 0.15) is 11.1 Å². The van der Waals surface area contributed by atoms with Gasteiger partial charge in [0.2, 0.25) is 0 Å². The van der Waals surface area contributed by atoms with Gasteiger partial charge in [-0.05, 0) is 46.0 Å². The van der Waals surface area contributed by atoms with Crippen molar-refractivity contribution in [2.24, 2.45) is 5.73 Å². The molecule has 0 spiro atoms. The Morgan fingerprint density at radius 1 is 0.552 bits per heavy atom. The molecular weight excluding hydrogens is 352 g/mol. The van der Waals surface area contributed by atoms with Crippen LogP contribution in [0.2, 0.25) is 0 Å². The molecule has 0 aliphatic rings. The van der Waals surface area contributed by atoms with Crippen LogP contribution in [0.4, 0.5) is 0 Å². The van der Waals surface area contributed by atoms with Crippen LogP contribution in [-0.2, 0) is 0 Å². The molecule has 0 heterocycles. The predicted molar refractivity (Wildman–Crippen MR) is 123 cm³/mol. The van der Waals surface area contributed by atoms with Crippen molar-refractivity contribution in [1.82, 2.24) is 0 Å². The van der Waals surface area contributed by atoms with Gasteiger partial charge in [0.05, 0.1) is 5.71 Å². The minimum atomic E-state index is 0.394. The van der Waals surface area contributed by atoms with Crippen LogP contribution in [0.3, 0.4) is 0 Å². The van der Waals surface area contributed by atoms with Crippen LogP contribution in [0.5, 0.6) is 0 Å². The summed E-state index contributed by atoms with van der Waals surface area (Å²) < 4.78 is 0. The van der Waals surface area contributed by atoms with Crippen molar-refractivity contribution in [3.63, 3.8) is 0 Å². The normalized spacial score (nSPS) is 11.2. The number of allylic oxidation sites excluding steroid dienone is 1. The Bertz CT molecular complexity index is 1160. The Morgan fingerprint density at radius 3 is 1.55 bits per heavy atom. The van der Waals surface area contributed by atoms with Gasteiger partial charge in [0.15, 0.2) is 0 Å². The Hall–Kier alpha value is -3.91. The summed E-state index contributed by atoms with van der Waals surface area (Å²) >= 11 is 0. The van der Waals surface area contributed by atoms with E-state index in [0.29, 0.717) is 11.4 Å². The molecular formula is C27H22N2. The number of hydrogen-bond acceptors (Lipinski definition) is 2. The number of rotatable bonds is 5. The van der Waals surface area contributed by atoms with Gasteiger partial charge in [-0.25, -0.2) is 0 Å².